The van der Waals surface area contributed by atoms with Crippen LogP contribution in [-0.4, -0.2) is 29.0 Å². The van der Waals surface area contributed by atoms with Crippen molar-refractivity contribution < 1.29 is 14.3 Å². The Kier molecular flexibility index (Phi) is 5.51. The standard InChI is InChI=1S/C20H20N4O3/c1-14-12-24(20(21)23-14)22-11-15-6-8-18(9-7-15)27-13-16-4-3-5-17(10-16)19(25)26-2/h3-12H,13H2,1-2H3,(H2,21,23). The maximum Gasteiger partial charge on any atom is 0.337 e. The number of benzene rings is 2. The molecule has 0 aliphatic rings. The maximum absolute atomic E-state index is 11.6. The largest absolute Gasteiger partial charge is 0.489 e. The van der Waals surface area contributed by atoms with Crippen molar-refractivity contribution >= 4 is 18.1 Å². The fourth-order valence-electron chi connectivity index (χ4n) is 2.45. The van der Waals surface area contributed by atoms with Gasteiger partial charge in [0.15, 0.2) is 0 Å². The van der Waals surface area contributed by atoms with Crippen LogP contribution >= 0.6 is 0 Å². The third kappa shape index (κ3) is 4.72. The van der Waals surface area contributed by atoms with E-state index in [9.17, 15) is 4.79 Å². The first-order chi connectivity index (χ1) is 13.0. The van der Waals surface area contributed by atoms with Crippen LogP contribution in [0.2, 0.25) is 0 Å². The molecule has 1 heterocycles. The summed E-state index contributed by atoms with van der Waals surface area (Å²) in [6, 6.07) is 14.6. The first-order valence-electron chi connectivity index (χ1n) is 8.31. The molecule has 1 aromatic heterocycles. The molecule has 3 aromatic rings. The molecule has 0 saturated heterocycles. The van der Waals surface area contributed by atoms with E-state index in [-0.39, 0.29) is 5.97 Å². The van der Waals surface area contributed by atoms with E-state index in [4.69, 9.17) is 15.2 Å². The number of nitrogen functional groups attached to an aromatic ring is 1. The molecule has 0 spiro atoms. The van der Waals surface area contributed by atoms with Crippen LogP contribution in [0.5, 0.6) is 5.75 Å². The van der Waals surface area contributed by atoms with Crippen LogP contribution < -0.4 is 10.5 Å². The highest BCUT2D eigenvalue weighted by Crippen LogP contribution is 2.15. The Labute approximate surface area is 157 Å². The first kappa shape index (κ1) is 18.2. The maximum atomic E-state index is 11.6. The molecule has 0 amide bonds. The second kappa shape index (κ2) is 8.18. The van der Waals surface area contributed by atoms with Gasteiger partial charge in [-0.1, -0.05) is 12.1 Å². The summed E-state index contributed by atoms with van der Waals surface area (Å²) in [6.07, 6.45) is 3.45. The average molecular weight is 364 g/mol. The van der Waals surface area contributed by atoms with Crippen molar-refractivity contribution in [2.45, 2.75) is 13.5 Å². The third-order valence-corrected chi connectivity index (χ3v) is 3.80. The van der Waals surface area contributed by atoms with Crippen molar-refractivity contribution in [2.75, 3.05) is 12.8 Å². The van der Waals surface area contributed by atoms with Gasteiger partial charge in [0.25, 0.3) is 0 Å². The molecule has 2 aromatic carbocycles. The number of hydrogen-bond acceptors (Lipinski definition) is 6. The molecular formula is C20H20N4O3. The van der Waals surface area contributed by atoms with Crippen molar-refractivity contribution in [3.63, 3.8) is 0 Å². The number of aromatic nitrogens is 2. The normalized spacial score (nSPS) is 10.9. The zero-order valence-corrected chi connectivity index (χ0v) is 15.1. The van der Waals surface area contributed by atoms with E-state index in [1.807, 2.05) is 37.3 Å². The molecular weight excluding hydrogens is 344 g/mol. The highest BCUT2D eigenvalue weighted by molar-refractivity contribution is 5.89. The van der Waals surface area contributed by atoms with Crippen LogP contribution in [0.15, 0.2) is 59.8 Å². The zero-order chi connectivity index (χ0) is 19.2. The number of nitrogens with zero attached hydrogens (tertiary/aromatic N) is 3. The zero-order valence-electron chi connectivity index (χ0n) is 15.1. The number of hydrogen-bond donors (Lipinski definition) is 1. The van der Waals surface area contributed by atoms with Crippen molar-refractivity contribution in [3.05, 3.63) is 77.1 Å². The van der Waals surface area contributed by atoms with E-state index >= 15 is 0 Å². The lowest BCUT2D eigenvalue weighted by atomic mass is 10.1. The van der Waals surface area contributed by atoms with Crippen LogP contribution in [0.3, 0.4) is 0 Å². The van der Waals surface area contributed by atoms with Crippen molar-refractivity contribution in [2.24, 2.45) is 5.10 Å². The summed E-state index contributed by atoms with van der Waals surface area (Å²) in [5.74, 6) is 0.695. The molecule has 3 rings (SSSR count). The number of nitrogens with two attached hydrogens (primary N) is 1. The van der Waals surface area contributed by atoms with Gasteiger partial charge in [-0.05, 0) is 54.4 Å². The van der Waals surface area contributed by atoms with E-state index < -0.39 is 0 Å². The number of carbonyl (C=O) groups is 1. The van der Waals surface area contributed by atoms with Crippen LogP contribution in [0.25, 0.3) is 0 Å². The molecule has 0 saturated carbocycles. The third-order valence-electron chi connectivity index (χ3n) is 3.80. The van der Waals surface area contributed by atoms with Gasteiger partial charge in [0, 0.05) is 0 Å². The van der Waals surface area contributed by atoms with E-state index in [2.05, 4.69) is 10.1 Å². The number of carbonyl (C=O) groups excluding carboxylic acids is 1. The molecule has 7 nitrogen and oxygen atoms in total. The van der Waals surface area contributed by atoms with Gasteiger partial charge in [-0.3, -0.25) is 0 Å². The number of rotatable bonds is 6. The molecule has 0 aliphatic heterocycles. The van der Waals surface area contributed by atoms with Crippen LogP contribution in [0.4, 0.5) is 5.95 Å². The number of methoxy groups -OCH3 is 1. The van der Waals surface area contributed by atoms with Gasteiger partial charge in [-0.15, -0.1) is 0 Å². The first-order valence-corrected chi connectivity index (χ1v) is 8.31. The number of anilines is 1. The lowest BCUT2D eigenvalue weighted by Crippen LogP contribution is -2.03. The molecule has 7 heteroatoms. The van der Waals surface area contributed by atoms with Gasteiger partial charge < -0.3 is 15.2 Å². The summed E-state index contributed by atoms with van der Waals surface area (Å²) in [5, 5.41) is 4.27. The molecule has 0 fully saturated rings. The number of esters is 1. The van der Waals surface area contributed by atoms with E-state index in [1.165, 1.54) is 11.8 Å². The van der Waals surface area contributed by atoms with Gasteiger partial charge in [0.1, 0.15) is 12.4 Å². The average Bonchev–Trinajstić information content (AvgIpc) is 3.02. The summed E-state index contributed by atoms with van der Waals surface area (Å²) in [6.45, 7) is 2.21. The summed E-state index contributed by atoms with van der Waals surface area (Å²) in [7, 11) is 1.36. The van der Waals surface area contributed by atoms with Crippen molar-refractivity contribution in [1.29, 1.82) is 0 Å². The van der Waals surface area contributed by atoms with Crippen LogP contribution in [0, 0.1) is 6.92 Å². The monoisotopic (exact) mass is 364 g/mol. The Morgan fingerprint density at radius 1 is 1.26 bits per heavy atom. The van der Waals surface area contributed by atoms with Gasteiger partial charge in [-0.25, -0.2) is 14.5 Å². The predicted molar refractivity (Wildman–Crippen MR) is 103 cm³/mol. The quantitative estimate of drug-likeness (QED) is 0.536. The van der Waals surface area contributed by atoms with Crippen molar-refractivity contribution in [3.8, 4) is 5.75 Å². The van der Waals surface area contributed by atoms with Crippen LogP contribution in [0.1, 0.15) is 27.2 Å². The molecule has 0 aliphatic carbocycles. The SMILES string of the molecule is COC(=O)c1cccc(COc2ccc(C=Nn3cc(C)nc3N)cc2)c1. The fourth-order valence-corrected chi connectivity index (χ4v) is 2.45. The minimum atomic E-state index is -0.366. The molecule has 0 unspecified atom stereocenters. The van der Waals surface area contributed by atoms with Gasteiger partial charge in [0.2, 0.25) is 5.95 Å². The minimum absolute atomic E-state index is 0.345. The molecule has 2 N–H and O–H groups in total. The number of ether oxygens (including phenoxy) is 2. The Bertz CT molecular complexity index is 962. The Morgan fingerprint density at radius 3 is 2.70 bits per heavy atom. The molecule has 138 valence electrons. The fraction of sp³-hybridized carbons (Fsp3) is 0.150. The van der Waals surface area contributed by atoms with Crippen LogP contribution in [-0.2, 0) is 11.3 Å². The Hall–Kier alpha value is -3.61. The lowest BCUT2D eigenvalue weighted by molar-refractivity contribution is 0.0600. The number of aryl methyl sites for hydroxylation is 1. The second-order valence-corrected chi connectivity index (χ2v) is 5.88. The smallest absolute Gasteiger partial charge is 0.337 e. The van der Waals surface area contributed by atoms with Gasteiger partial charge in [-0.2, -0.15) is 5.10 Å². The second-order valence-electron chi connectivity index (χ2n) is 5.88. The summed E-state index contributed by atoms with van der Waals surface area (Å²) in [4.78, 5) is 15.7. The Balaban J connectivity index is 1.61. The molecule has 27 heavy (non-hydrogen) atoms. The molecule has 0 atom stereocenters. The summed E-state index contributed by atoms with van der Waals surface area (Å²) >= 11 is 0. The number of imidazole rings is 1. The van der Waals surface area contributed by atoms with Crippen molar-refractivity contribution in [1.82, 2.24) is 9.66 Å². The summed E-state index contributed by atoms with van der Waals surface area (Å²) in [5.41, 5.74) is 8.85. The van der Waals surface area contributed by atoms with E-state index in [1.54, 1.807) is 30.6 Å². The van der Waals surface area contributed by atoms with Gasteiger partial charge in [0.05, 0.1) is 30.8 Å². The van der Waals surface area contributed by atoms with E-state index in [0.717, 1.165) is 16.8 Å². The highest BCUT2D eigenvalue weighted by atomic mass is 16.5. The summed E-state index contributed by atoms with van der Waals surface area (Å²) < 4.78 is 12.0. The predicted octanol–water partition coefficient (Wildman–Crippen LogP) is 3.02. The Morgan fingerprint density at radius 2 is 2.04 bits per heavy atom. The lowest BCUT2D eigenvalue weighted by Gasteiger charge is -2.07. The minimum Gasteiger partial charge on any atom is -0.489 e. The molecule has 0 bridgehead atoms. The van der Waals surface area contributed by atoms with E-state index in [0.29, 0.717) is 23.9 Å². The highest BCUT2D eigenvalue weighted by Gasteiger charge is 2.06. The topological polar surface area (TPSA) is 91.7 Å². The molecule has 0 radical (unpaired) electrons. The van der Waals surface area contributed by atoms with Gasteiger partial charge >= 0.3 is 5.97 Å².